The fourth-order valence-electron chi connectivity index (χ4n) is 3.61. The van der Waals surface area contributed by atoms with Gasteiger partial charge in [-0.1, -0.05) is 24.3 Å². The molecule has 1 amide bonds. The molecule has 0 saturated heterocycles. The number of carbonyl (C=O) groups excluding carboxylic acids is 1. The smallest absolute Gasteiger partial charge is 0.346 e. The summed E-state index contributed by atoms with van der Waals surface area (Å²) in [6, 6.07) is 13.2. The third-order valence-corrected chi connectivity index (χ3v) is 6.08. The zero-order valence-electron chi connectivity index (χ0n) is 15.6. The van der Waals surface area contributed by atoms with Crippen molar-refractivity contribution in [2.24, 2.45) is 0 Å². The van der Waals surface area contributed by atoms with Gasteiger partial charge in [-0.3, -0.25) is 4.79 Å². The van der Waals surface area contributed by atoms with Crippen LogP contribution in [0.2, 0.25) is 0 Å². The Balaban J connectivity index is 1.90. The highest BCUT2D eigenvalue weighted by Crippen LogP contribution is 2.49. The van der Waals surface area contributed by atoms with E-state index in [0.29, 0.717) is 29.2 Å². The molecule has 1 aliphatic heterocycles. The van der Waals surface area contributed by atoms with E-state index in [2.05, 4.69) is 5.32 Å². The van der Waals surface area contributed by atoms with Gasteiger partial charge in [-0.05, 0) is 42.3 Å². The zero-order valence-corrected chi connectivity index (χ0v) is 16.4. The van der Waals surface area contributed by atoms with Crippen LogP contribution >= 0.6 is 11.3 Å². The molecule has 7 heteroatoms. The summed E-state index contributed by atoms with van der Waals surface area (Å²) in [7, 11) is 0. The molecule has 2 N–H and O–H groups in total. The second-order valence-corrected chi connectivity index (χ2v) is 7.72. The highest BCUT2D eigenvalue weighted by molar-refractivity contribution is 7.15. The molecule has 3 aromatic rings. The minimum Gasteiger partial charge on any atom is -0.494 e. The largest absolute Gasteiger partial charge is 0.494 e. The normalized spacial score (nSPS) is 15.5. The number of hydrogen-bond acceptors (Lipinski definition) is 4. The summed E-state index contributed by atoms with van der Waals surface area (Å²) in [6.45, 7) is 2.41. The zero-order chi connectivity index (χ0) is 20.5. The molecule has 5 nitrogen and oxygen atoms in total. The summed E-state index contributed by atoms with van der Waals surface area (Å²) in [5.41, 5.74) is 2.08. The van der Waals surface area contributed by atoms with Crippen LogP contribution in [0.15, 0.2) is 48.5 Å². The number of thiophene rings is 1. The maximum Gasteiger partial charge on any atom is 0.346 e. The number of ether oxygens (including phenoxy) is 1. The lowest BCUT2D eigenvalue weighted by Crippen LogP contribution is -2.22. The standard InChI is InChI=1S/C22H18FNO4S/c1-2-28-15-8-4-5-12(10-15)16-11-17(25)24-19-18(13-6-3-7-14(23)9-13)21(22(26)27)29-20(16)19/h3-10,16H,2,11H2,1H3,(H,24,25)(H,26,27)/t16-/m0/s1. The summed E-state index contributed by atoms with van der Waals surface area (Å²) in [5, 5.41) is 12.6. The second-order valence-electron chi connectivity index (χ2n) is 6.67. The van der Waals surface area contributed by atoms with Gasteiger partial charge in [0.25, 0.3) is 0 Å². The lowest BCUT2D eigenvalue weighted by molar-refractivity contribution is -0.116. The van der Waals surface area contributed by atoms with E-state index in [1.807, 2.05) is 31.2 Å². The summed E-state index contributed by atoms with van der Waals surface area (Å²) >= 11 is 1.12. The van der Waals surface area contributed by atoms with E-state index in [9.17, 15) is 19.1 Å². The lowest BCUT2D eigenvalue weighted by Gasteiger charge is -2.24. The second kappa shape index (κ2) is 7.67. The van der Waals surface area contributed by atoms with E-state index in [-0.39, 0.29) is 23.1 Å². The first-order valence-electron chi connectivity index (χ1n) is 9.16. The molecule has 2 heterocycles. The van der Waals surface area contributed by atoms with Crippen molar-refractivity contribution in [3.05, 3.63) is 69.7 Å². The van der Waals surface area contributed by atoms with E-state index in [1.54, 1.807) is 6.07 Å². The summed E-state index contributed by atoms with van der Waals surface area (Å²) in [5.74, 6) is -1.40. The number of nitrogens with one attached hydrogen (secondary N) is 1. The van der Waals surface area contributed by atoms with Gasteiger partial charge >= 0.3 is 5.97 Å². The van der Waals surface area contributed by atoms with Crippen LogP contribution in [0.1, 0.15) is 39.4 Å². The van der Waals surface area contributed by atoms with E-state index >= 15 is 0 Å². The van der Waals surface area contributed by atoms with Crippen molar-refractivity contribution < 1.29 is 23.8 Å². The first kappa shape index (κ1) is 19.1. The number of carboxylic acid groups (broad SMARTS) is 1. The first-order valence-corrected chi connectivity index (χ1v) is 9.98. The third kappa shape index (κ3) is 3.61. The molecule has 148 valence electrons. The maximum atomic E-state index is 13.8. The number of benzene rings is 2. The highest BCUT2D eigenvalue weighted by Gasteiger charge is 2.34. The third-order valence-electron chi connectivity index (χ3n) is 4.78. The molecule has 0 bridgehead atoms. The van der Waals surface area contributed by atoms with Gasteiger partial charge < -0.3 is 15.2 Å². The monoisotopic (exact) mass is 411 g/mol. The number of aromatic carboxylic acids is 1. The van der Waals surface area contributed by atoms with Crippen LogP contribution in [-0.4, -0.2) is 23.6 Å². The minimum absolute atomic E-state index is 0.0776. The van der Waals surface area contributed by atoms with Gasteiger partial charge in [0.1, 0.15) is 16.4 Å². The molecule has 0 spiro atoms. The first-order chi connectivity index (χ1) is 14.0. The Morgan fingerprint density at radius 1 is 1.28 bits per heavy atom. The van der Waals surface area contributed by atoms with Gasteiger partial charge in [0.2, 0.25) is 5.91 Å². The molecule has 29 heavy (non-hydrogen) atoms. The number of anilines is 1. The Morgan fingerprint density at radius 3 is 2.79 bits per heavy atom. The number of hydrogen-bond donors (Lipinski definition) is 2. The van der Waals surface area contributed by atoms with E-state index in [4.69, 9.17) is 4.74 Å². The van der Waals surface area contributed by atoms with Crippen molar-refractivity contribution in [1.82, 2.24) is 0 Å². The molecular weight excluding hydrogens is 393 g/mol. The van der Waals surface area contributed by atoms with Crippen LogP contribution in [0.4, 0.5) is 10.1 Å². The molecule has 1 aromatic heterocycles. The molecule has 4 rings (SSSR count). The number of halogens is 1. The predicted octanol–water partition coefficient (Wildman–Crippen LogP) is 5.13. The van der Waals surface area contributed by atoms with Crippen molar-refractivity contribution in [2.45, 2.75) is 19.3 Å². The maximum absolute atomic E-state index is 13.8. The van der Waals surface area contributed by atoms with Crippen LogP contribution < -0.4 is 10.1 Å². The highest BCUT2D eigenvalue weighted by atomic mass is 32.1. The quantitative estimate of drug-likeness (QED) is 0.611. The Labute approximate surface area is 170 Å². The molecule has 2 aromatic carbocycles. The average molecular weight is 411 g/mol. The molecular formula is C22H18FNO4S. The van der Waals surface area contributed by atoms with Crippen molar-refractivity contribution in [1.29, 1.82) is 0 Å². The average Bonchev–Trinajstić information content (AvgIpc) is 3.07. The van der Waals surface area contributed by atoms with Gasteiger partial charge in [-0.25, -0.2) is 9.18 Å². The summed E-state index contributed by atoms with van der Waals surface area (Å²) < 4.78 is 19.4. The SMILES string of the molecule is CCOc1cccc([C@@H]2CC(=O)Nc3c2sc(C(=O)O)c3-c2cccc(F)c2)c1. The Morgan fingerprint density at radius 2 is 2.07 bits per heavy atom. The molecule has 0 unspecified atom stereocenters. The van der Waals surface area contributed by atoms with Crippen molar-refractivity contribution in [3.63, 3.8) is 0 Å². The number of fused-ring (bicyclic) bond motifs is 1. The van der Waals surface area contributed by atoms with Gasteiger partial charge in [-0.15, -0.1) is 11.3 Å². The van der Waals surface area contributed by atoms with E-state index in [1.165, 1.54) is 18.2 Å². The van der Waals surface area contributed by atoms with Crippen molar-refractivity contribution in [3.8, 4) is 16.9 Å². The van der Waals surface area contributed by atoms with Crippen molar-refractivity contribution in [2.75, 3.05) is 11.9 Å². The van der Waals surface area contributed by atoms with Gasteiger partial charge in [0.05, 0.1) is 12.3 Å². The minimum atomic E-state index is -1.11. The number of rotatable bonds is 5. The fraction of sp³-hybridized carbons (Fsp3) is 0.182. The molecule has 0 fully saturated rings. The number of carbonyl (C=O) groups is 2. The number of carboxylic acids is 1. The number of amides is 1. The summed E-state index contributed by atoms with van der Waals surface area (Å²) in [6.07, 6.45) is 0.199. The molecule has 0 radical (unpaired) electrons. The van der Waals surface area contributed by atoms with E-state index in [0.717, 1.165) is 21.8 Å². The van der Waals surface area contributed by atoms with Crippen molar-refractivity contribution >= 4 is 28.9 Å². The van der Waals surface area contributed by atoms with Crippen LogP contribution in [0.3, 0.4) is 0 Å². The Hall–Kier alpha value is -3.19. The van der Waals surface area contributed by atoms with E-state index < -0.39 is 11.8 Å². The molecule has 1 aliphatic rings. The Kier molecular flexibility index (Phi) is 5.07. The topological polar surface area (TPSA) is 75.6 Å². The van der Waals surface area contributed by atoms with Crippen LogP contribution in [0.25, 0.3) is 11.1 Å². The van der Waals surface area contributed by atoms with Crippen LogP contribution in [0.5, 0.6) is 5.75 Å². The lowest BCUT2D eigenvalue weighted by atomic mass is 9.88. The van der Waals surface area contributed by atoms with Crippen LogP contribution in [-0.2, 0) is 4.79 Å². The van der Waals surface area contributed by atoms with Crippen LogP contribution in [0, 0.1) is 5.82 Å². The van der Waals surface area contributed by atoms with Gasteiger partial charge in [0.15, 0.2) is 0 Å². The Bertz CT molecular complexity index is 1110. The summed E-state index contributed by atoms with van der Waals surface area (Å²) in [4.78, 5) is 25.3. The molecule has 0 aliphatic carbocycles. The molecule has 0 saturated carbocycles. The van der Waals surface area contributed by atoms with Gasteiger partial charge in [-0.2, -0.15) is 0 Å². The molecule has 1 atom stereocenters. The fourth-order valence-corrected chi connectivity index (χ4v) is 4.86. The van der Waals surface area contributed by atoms with Gasteiger partial charge in [0, 0.05) is 22.8 Å². The predicted molar refractivity (Wildman–Crippen MR) is 109 cm³/mol.